The van der Waals surface area contributed by atoms with Gasteiger partial charge in [0.2, 0.25) is 0 Å². The molecule has 0 bridgehead atoms. The Kier molecular flexibility index (Phi) is 4.88. The summed E-state index contributed by atoms with van der Waals surface area (Å²) in [5.74, 6) is 0.402. The van der Waals surface area contributed by atoms with Crippen molar-refractivity contribution in [1.29, 1.82) is 0 Å². The molecule has 20 heavy (non-hydrogen) atoms. The van der Waals surface area contributed by atoms with Gasteiger partial charge in [0.15, 0.2) is 6.61 Å². The Bertz CT molecular complexity index is 629. The van der Waals surface area contributed by atoms with E-state index in [9.17, 15) is 4.79 Å². The standard InChI is InChI=1S/C15H13Cl2NO2/c1-10-3-2-4-12(7-10)20-9-15(19)18-11-5-6-13(16)14(17)8-11/h2-8H,9H2,1H3,(H,18,19). The lowest BCUT2D eigenvalue weighted by Crippen LogP contribution is -2.20. The van der Waals surface area contributed by atoms with Crippen LogP contribution in [-0.2, 0) is 4.79 Å². The van der Waals surface area contributed by atoms with Crippen molar-refractivity contribution < 1.29 is 9.53 Å². The van der Waals surface area contributed by atoms with E-state index < -0.39 is 0 Å². The van der Waals surface area contributed by atoms with Crippen LogP contribution in [0.15, 0.2) is 42.5 Å². The van der Waals surface area contributed by atoms with Gasteiger partial charge in [0.25, 0.3) is 5.91 Å². The van der Waals surface area contributed by atoms with E-state index in [1.54, 1.807) is 24.3 Å². The molecule has 0 fully saturated rings. The first-order valence-corrected chi connectivity index (χ1v) is 6.74. The van der Waals surface area contributed by atoms with Crippen LogP contribution in [0.25, 0.3) is 0 Å². The van der Waals surface area contributed by atoms with Crippen LogP contribution in [0.4, 0.5) is 5.69 Å². The number of hydrogen-bond donors (Lipinski definition) is 1. The van der Waals surface area contributed by atoms with E-state index in [2.05, 4.69) is 5.32 Å². The van der Waals surface area contributed by atoms with Crippen LogP contribution < -0.4 is 10.1 Å². The van der Waals surface area contributed by atoms with Gasteiger partial charge in [-0.1, -0.05) is 35.3 Å². The maximum Gasteiger partial charge on any atom is 0.262 e. The lowest BCUT2D eigenvalue weighted by molar-refractivity contribution is -0.118. The number of amides is 1. The largest absolute Gasteiger partial charge is 0.484 e. The Labute approximate surface area is 127 Å². The van der Waals surface area contributed by atoms with Gasteiger partial charge in [-0.2, -0.15) is 0 Å². The Morgan fingerprint density at radius 3 is 2.65 bits per heavy atom. The smallest absolute Gasteiger partial charge is 0.262 e. The molecule has 0 saturated heterocycles. The summed E-state index contributed by atoms with van der Waals surface area (Å²) in [5, 5.41) is 3.53. The van der Waals surface area contributed by atoms with E-state index in [-0.39, 0.29) is 12.5 Å². The minimum Gasteiger partial charge on any atom is -0.484 e. The van der Waals surface area contributed by atoms with Crippen molar-refractivity contribution in [3.8, 4) is 5.75 Å². The molecule has 0 heterocycles. The van der Waals surface area contributed by atoms with Crippen LogP contribution in [0.5, 0.6) is 5.75 Å². The molecule has 1 N–H and O–H groups in total. The van der Waals surface area contributed by atoms with Gasteiger partial charge in [0.1, 0.15) is 5.75 Å². The summed E-state index contributed by atoms with van der Waals surface area (Å²) in [7, 11) is 0. The number of rotatable bonds is 4. The van der Waals surface area contributed by atoms with Crippen LogP contribution >= 0.6 is 23.2 Å². The second-order valence-electron chi connectivity index (χ2n) is 4.28. The Balaban J connectivity index is 1.91. The molecule has 2 aromatic carbocycles. The lowest BCUT2D eigenvalue weighted by Gasteiger charge is -2.08. The molecule has 2 rings (SSSR count). The predicted molar refractivity (Wildman–Crippen MR) is 81.8 cm³/mol. The average Bonchev–Trinajstić information content (AvgIpc) is 2.41. The van der Waals surface area contributed by atoms with Crippen molar-refractivity contribution in [2.45, 2.75) is 6.92 Å². The van der Waals surface area contributed by atoms with Crippen LogP contribution in [-0.4, -0.2) is 12.5 Å². The first-order valence-electron chi connectivity index (χ1n) is 5.99. The maximum atomic E-state index is 11.8. The van der Waals surface area contributed by atoms with Crippen LogP contribution in [0.1, 0.15) is 5.56 Å². The SMILES string of the molecule is Cc1cccc(OCC(=O)Nc2ccc(Cl)c(Cl)c2)c1. The summed E-state index contributed by atoms with van der Waals surface area (Å²) in [5.41, 5.74) is 1.66. The molecular formula is C15H13Cl2NO2. The molecule has 2 aromatic rings. The van der Waals surface area contributed by atoms with Gasteiger partial charge >= 0.3 is 0 Å². The van der Waals surface area contributed by atoms with Crippen LogP contribution in [0, 0.1) is 6.92 Å². The van der Waals surface area contributed by atoms with E-state index in [0.717, 1.165) is 5.56 Å². The topological polar surface area (TPSA) is 38.3 Å². The second kappa shape index (κ2) is 6.64. The first kappa shape index (κ1) is 14.7. The number of aryl methyl sites for hydroxylation is 1. The number of anilines is 1. The van der Waals surface area contributed by atoms with Crippen molar-refractivity contribution >= 4 is 34.8 Å². The van der Waals surface area contributed by atoms with Crippen molar-refractivity contribution in [2.75, 3.05) is 11.9 Å². The molecule has 0 atom stereocenters. The highest BCUT2D eigenvalue weighted by Crippen LogP contribution is 2.24. The van der Waals surface area contributed by atoms with Gasteiger partial charge in [-0.15, -0.1) is 0 Å². The van der Waals surface area contributed by atoms with E-state index >= 15 is 0 Å². The zero-order valence-corrected chi connectivity index (χ0v) is 12.3. The third-order valence-corrected chi connectivity index (χ3v) is 3.30. The third-order valence-electron chi connectivity index (χ3n) is 2.56. The summed E-state index contributed by atoms with van der Waals surface area (Å²) >= 11 is 11.7. The molecule has 0 spiro atoms. The molecule has 0 saturated carbocycles. The molecule has 0 aliphatic heterocycles. The van der Waals surface area contributed by atoms with Gasteiger partial charge in [-0.3, -0.25) is 4.79 Å². The minimum absolute atomic E-state index is 0.0658. The summed E-state index contributed by atoms with van der Waals surface area (Å²) in [4.78, 5) is 11.8. The van der Waals surface area contributed by atoms with Crippen LogP contribution in [0.2, 0.25) is 10.0 Å². The van der Waals surface area contributed by atoms with Crippen molar-refractivity contribution in [2.24, 2.45) is 0 Å². The maximum absolute atomic E-state index is 11.8. The zero-order chi connectivity index (χ0) is 14.5. The minimum atomic E-state index is -0.259. The number of nitrogens with one attached hydrogen (secondary N) is 1. The number of carbonyl (C=O) groups excluding carboxylic acids is 1. The molecule has 5 heteroatoms. The Hall–Kier alpha value is -1.71. The molecule has 0 aromatic heterocycles. The van der Waals surface area contributed by atoms with Gasteiger partial charge in [-0.05, 0) is 42.8 Å². The quantitative estimate of drug-likeness (QED) is 0.913. The summed E-state index contributed by atoms with van der Waals surface area (Å²) < 4.78 is 5.40. The second-order valence-corrected chi connectivity index (χ2v) is 5.10. The number of benzene rings is 2. The van der Waals surface area contributed by atoms with Gasteiger partial charge in [0.05, 0.1) is 10.0 Å². The Morgan fingerprint density at radius 2 is 1.95 bits per heavy atom. The summed E-state index contributed by atoms with van der Waals surface area (Å²) in [6, 6.07) is 12.4. The summed E-state index contributed by atoms with van der Waals surface area (Å²) in [6.07, 6.45) is 0. The van der Waals surface area contributed by atoms with E-state index in [0.29, 0.717) is 21.5 Å². The molecule has 1 amide bonds. The molecule has 0 aliphatic rings. The Morgan fingerprint density at radius 1 is 1.15 bits per heavy atom. The van der Waals surface area contributed by atoms with Gasteiger partial charge in [-0.25, -0.2) is 0 Å². The fraction of sp³-hybridized carbons (Fsp3) is 0.133. The molecule has 104 valence electrons. The third kappa shape index (κ3) is 4.15. The number of carbonyl (C=O) groups is 1. The highest BCUT2D eigenvalue weighted by molar-refractivity contribution is 6.42. The van der Waals surface area contributed by atoms with Crippen molar-refractivity contribution in [1.82, 2.24) is 0 Å². The van der Waals surface area contributed by atoms with E-state index in [1.165, 1.54) is 0 Å². The van der Waals surface area contributed by atoms with Crippen molar-refractivity contribution in [3.05, 3.63) is 58.1 Å². The molecule has 3 nitrogen and oxygen atoms in total. The number of hydrogen-bond acceptors (Lipinski definition) is 2. The highest BCUT2D eigenvalue weighted by Gasteiger charge is 2.05. The van der Waals surface area contributed by atoms with Crippen molar-refractivity contribution in [3.63, 3.8) is 0 Å². The molecule has 0 aliphatic carbocycles. The molecule has 0 radical (unpaired) electrons. The fourth-order valence-corrected chi connectivity index (χ4v) is 1.92. The monoisotopic (exact) mass is 309 g/mol. The fourth-order valence-electron chi connectivity index (χ4n) is 1.62. The van der Waals surface area contributed by atoms with Crippen LogP contribution in [0.3, 0.4) is 0 Å². The van der Waals surface area contributed by atoms with E-state index in [1.807, 2.05) is 25.1 Å². The van der Waals surface area contributed by atoms with Gasteiger partial charge < -0.3 is 10.1 Å². The zero-order valence-electron chi connectivity index (χ0n) is 10.8. The average molecular weight is 310 g/mol. The lowest BCUT2D eigenvalue weighted by atomic mass is 10.2. The molecular weight excluding hydrogens is 297 g/mol. The van der Waals surface area contributed by atoms with Gasteiger partial charge in [0, 0.05) is 5.69 Å². The number of ether oxygens (including phenoxy) is 1. The first-order chi connectivity index (χ1) is 9.54. The molecule has 0 unspecified atom stereocenters. The normalized spacial score (nSPS) is 10.2. The number of halogens is 2. The summed E-state index contributed by atoms with van der Waals surface area (Å²) in [6.45, 7) is 1.90. The predicted octanol–water partition coefficient (Wildman–Crippen LogP) is 4.32. The highest BCUT2D eigenvalue weighted by atomic mass is 35.5. The van der Waals surface area contributed by atoms with E-state index in [4.69, 9.17) is 27.9 Å².